The lowest BCUT2D eigenvalue weighted by Crippen LogP contribution is -2.35. The van der Waals surface area contributed by atoms with Crippen LogP contribution in [0.1, 0.15) is 54.9 Å². The van der Waals surface area contributed by atoms with Crippen molar-refractivity contribution in [2.75, 3.05) is 26.4 Å². The van der Waals surface area contributed by atoms with Gasteiger partial charge in [0.1, 0.15) is 0 Å². The molecule has 0 aliphatic carbocycles. The molecule has 0 aliphatic rings. The molecule has 0 aromatic heterocycles. The van der Waals surface area contributed by atoms with Crippen molar-refractivity contribution in [1.29, 1.82) is 0 Å². The third-order valence-corrected chi connectivity index (χ3v) is 3.24. The first-order valence-electron chi connectivity index (χ1n) is 6.95. The third-order valence-electron chi connectivity index (χ3n) is 3.24. The third kappa shape index (κ3) is 8.06. The van der Waals surface area contributed by atoms with Crippen molar-refractivity contribution in [3.63, 3.8) is 0 Å². The predicted molar refractivity (Wildman–Crippen MR) is 77.8 cm³/mol. The van der Waals surface area contributed by atoms with Gasteiger partial charge in [-0.3, -0.25) is 0 Å². The molecule has 3 heteroatoms. The Bertz CT molecular complexity index is 235. The summed E-state index contributed by atoms with van der Waals surface area (Å²) in [5.74, 6) is 0. The van der Waals surface area contributed by atoms with Crippen molar-refractivity contribution in [2.24, 2.45) is 16.6 Å². The number of nitrogens with two attached hydrogens (primary N) is 1. The summed E-state index contributed by atoms with van der Waals surface area (Å²) in [4.78, 5) is 0. The van der Waals surface area contributed by atoms with E-state index in [1.807, 2.05) is 0 Å². The second-order valence-corrected chi connectivity index (χ2v) is 7.43. The van der Waals surface area contributed by atoms with Crippen LogP contribution < -0.4 is 5.73 Å². The van der Waals surface area contributed by atoms with Crippen LogP contribution in [0.5, 0.6) is 0 Å². The monoisotopic (exact) mass is 259 g/mol. The highest BCUT2D eigenvalue weighted by Crippen LogP contribution is 2.23. The first-order chi connectivity index (χ1) is 8.04. The van der Waals surface area contributed by atoms with Crippen LogP contribution in [0.2, 0.25) is 0 Å². The van der Waals surface area contributed by atoms with E-state index in [0.29, 0.717) is 19.8 Å². The highest BCUT2D eigenvalue weighted by molar-refractivity contribution is 4.74. The Kier molecular flexibility index (Phi) is 6.83. The molecule has 0 saturated heterocycles. The lowest BCUT2D eigenvalue weighted by Gasteiger charge is -2.32. The second kappa shape index (κ2) is 6.88. The fraction of sp³-hybridized carbons (Fsp3) is 1.00. The minimum atomic E-state index is -0.0478. The van der Waals surface area contributed by atoms with E-state index in [0.717, 1.165) is 13.0 Å². The molecule has 0 rings (SSSR count). The van der Waals surface area contributed by atoms with Crippen molar-refractivity contribution >= 4 is 0 Å². The molecule has 0 heterocycles. The molecule has 0 unspecified atom stereocenters. The Labute approximate surface area is 113 Å². The molecule has 0 amide bonds. The molecule has 3 nitrogen and oxygen atoms in total. The zero-order valence-corrected chi connectivity index (χ0v) is 13.4. The highest BCUT2D eigenvalue weighted by Gasteiger charge is 2.25. The molecule has 0 atom stereocenters. The molecule has 2 N–H and O–H groups in total. The van der Waals surface area contributed by atoms with Crippen molar-refractivity contribution in [3.05, 3.63) is 0 Å². The van der Waals surface area contributed by atoms with E-state index in [1.54, 1.807) is 0 Å². The van der Waals surface area contributed by atoms with E-state index in [9.17, 15) is 0 Å². The summed E-state index contributed by atoms with van der Waals surface area (Å²) in [6, 6.07) is 0. The van der Waals surface area contributed by atoms with Crippen LogP contribution in [0.25, 0.3) is 0 Å². The number of hydrogen-bond donors (Lipinski definition) is 1. The van der Waals surface area contributed by atoms with Gasteiger partial charge in [-0.2, -0.15) is 0 Å². The summed E-state index contributed by atoms with van der Waals surface area (Å²) in [5, 5.41) is 0. The molecular weight excluding hydrogens is 226 g/mol. The van der Waals surface area contributed by atoms with Gasteiger partial charge >= 0.3 is 0 Å². The average Bonchev–Trinajstić information content (AvgIpc) is 2.26. The zero-order valence-electron chi connectivity index (χ0n) is 13.4. The molecule has 0 aromatic rings. The minimum absolute atomic E-state index is 0.0388. The molecule has 0 fully saturated rings. The Balaban J connectivity index is 4.01. The first-order valence-corrected chi connectivity index (χ1v) is 6.95. The molecule has 0 saturated carbocycles. The molecule has 0 radical (unpaired) electrons. The van der Waals surface area contributed by atoms with E-state index >= 15 is 0 Å². The standard InChI is InChI=1S/C15H33NO2/c1-8-15(6,7)18-12-14(4,5)11-17-10-13(2,3)9-16/h8-12,16H2,1-7H3. The SMILES string of the molecule is CCC(C)(C)OCC(C)(C)COCC(C)(C)CN. The van der Waals surface area contributed by atoms with E-state index < -0.39 is 0 Å². The average molecular weight is 259 g/mol. The summed E-state index contributed by atoms with van der Waals surface area (Å²) in [6.45, 7) is 17.8. The van der Waals surface area contributed by atoms with Crippen LogP contribution in [0.4, 0.5) is 0 Å². The van der Waals surface area contributed by atoms with Crippen LogP contribution in [-0.2, 0) is 9.47 Å². The van der Waals surface area contributed by atoms with Gasteiger partial charge in [-0.15, -0.1) is 0 Å². The van der Waals surface area contributed by atoms with Gasteiger partial charge < -0.3 is 15.2 Å². The van der Waals surface area contributed by atoms with E-state index in [1.165, 1.54) is 0 Å². The maximum absolute atomic E-state index is 5.95. The quantitative estimate of drug-likeness (QED) is 0.691. The van der Waals surface area contributed by atoms with Crippen molar-refractivity contribution in [2.45, 2.75) is 60.5 Å². The van der Waals surface area contributed by atoms with E-state index in [2.05, 4.69) is 48.5 Å². The second-order valence-electron chi connectivity index (χ2n) is 7.43. The molecule has 0 bridgehead atoms. The Morgan fingerprint density at radius 1 is 0.833 bits per heavy atom. The van der Waals surface area contributed by atoms with Gasteiger partial charge in [-0.05, 0) is 26.8 Å². The molecule has 0 aromatic carbocycles. The summed E-state index contributed by atoms with van der Waals surface area (Å²) in [7, 11) is 0. The maximum Gasteiger partial charge on any atom is 0.0624 e. The Morgan fingerprint density at radius 2 is 1.33 bits per heavy atom. The number of ether oxygens (including phenoxy) is 2. The normalized spacial score (nSPS) is 14.0. The van der Waals surface area contributed by atoms with Crippen LogP contribution in [0.15, 0.2) is 0 Å². The molecular formula is C15H33NO2. The van der Waals surface area contributed by atoms with Gasteiger partial charge in [-0.1, -0.05) is 34.6 Å². The van der Waals surface area contributed by atoms with Gasteiger partial charge in [0.25, 0.3) is 0 Å². The van der Waals surface area contributed by atoms with E-state index in [4.69, 9.17) is 15.2 Å². The van der Waals surface area contributed by atoms with Crippen molar-refractivity contribution in [3.8, 4) is 0 Å². The lowest BCUT2D eigenvalue weighted by atomic mass is 9.93. The van der Waals surface area contributed by atoms with Gasteiger partial charge in [0.15, 0.2) is 0 Å². The number of hydrogen-bond acceptors (Lipinski definition) is 3. The lowest BCUT2D eigenvalue weighted by molar-refractivity contribution is -0.0825. The topological polar surface area (TPSA) is 44.5 Å². The fourth-order valence-corrected chi connectivity index (χ4v) is 1.20. The Hall–Kier alpha value is -0.120. The van der Waals surface area contributed by atoms with Gasteiger partial charge in [0.05, 0.1) is 25.4 Å². The largest absolute Gasteiger partial charge is 0.380 e. The van der Waals surface area contributed by atoms with Gasteiger partial charge in [0.2, 0.25) is 0 Å². The van der Waals surface area contributed by atoms with Crippen LogP contribution >= 0.6 is 0 Å². The zero-order chi connectivity index (χ0) is 14.4. The smallest absolute Gasteiger partial charge is 0.0624 e. The van der Waals surface area contributed by atoms with Gasteiger partial charge in [-0.25, -0.2) is 0 Å². The molecule has 0 aliphatic heterocycles. The van der Waals surface area contributed by atoms with Crippen LogP contribution in [0, 0.1) is 10.8 Å². The van der Waals surface area contributed by atoms with E-state index in [-0.39, 0.29) is 16.4 Å². The van der Waals surface area contributed by atoms with Crippen molar-refractivity contribution < 1.29 is 9.47 Å². The predicted octanol–water partition coefficient (Wildman–Crippen LogP) is 3.22. The Morgan fingerprint density at radius 3 is 1.78 bits per heavy atom. The molecule has 18 heavy (non-hydrogen) atoms. The first kappa shape index (κ1) is 17.9. The summed E-state index contributed by atoms with van der Waals surface area (Å²) >= 11 is 0. The van der Waals surface area contributed by atoms with Gasteiger partial charge in [0, 0.05) is 10.8 Å². The molecule has 110 valence electrons. The molecule has 0 spiro atoms. The minimum Gasteiger partial charge on any atom is -0.380 e. The van der Waals surface area contributed by atoms with Crippen LogP contribution in [-0.4, -0.2) is 32.0 Å². The summed E-state index contributed by atoms with van der Waals surface area (Å²) < 4.78 is 11.7. The summed E-state index contributed by atoms with van der Waals surface area (Å²) in [6.07, 6.45) is 1.02. The highest BCUT2D eigenvalue weighted by atomic mass is 16.5. The fourth-order valence-electron chi connectivity index (χ4n) is 1.20. The summed E-state index contributed by atoms with van der Waals surface area (Å²) in [5.41, 5.74) is 5.73. The van der Waals surface area contributed by atoms with Crippen molar-refractivity contribution in [1.82, 2.24) is 0 Å². The number of rotatable bonds is 9. The van der Waals surface area contributed by atoms with Crippen LogP contribution in [0.3, 0.4) is 0 Å². The maximum atomic E-state index is 5.95.